The van der Waals surface area contributed by atoms with Gasteiger partial charge in [-0.05, 0) is 68.7 Å². The number of allylic oxidation sites excluding steroid dienone is 1. The largest absolute Gasteiger partial charge is 0.573 e. The van der Waals surface area contributed by atoms with Gasteiger partial charge in [0.15, 0.2) is 0 Å². The monoisotopic (exact) mass is 470 g/mol. The highest BCUT2D eigenvalue weighted by molar-refractivity contribution is 5.94. The van der Waals surface area contributed by atoms with Gasteiger partial charge >= 0.3 is 6.36 Å². The maximum atomic E-state index is 12.8. The minimum atomic E-state index is -4.76. The zero-order chi connectivity index (χ0) is 24.4. The lowest BCUT2D eigenvalue weighted by Gasteiger charge is -2.28. The van der Waals surface area contributed by atoms with Gasteiger partial charge in [-0.3, -0.25) is 4.79 Å². The van der Waals surface area contributed by atoms with Gasteiger partial charge in [0.1, 0.15) is 5.75 Å². The highest BCUT2D eigenvalue weighted by atomic mass is 19.4. The summed E-state index contributed by atoms with van der Waals surface area (Å²) in [5, 5.41) is 13.5. The van der Waals surface area contributed by atoms with E-state index in [9.17, 15) is 18.0 Å². The van der Waals surface area contributed by atoms with Crippen LogP contribution in [0.2, 0.25) is 0 Å². The molecule has 0 radical (unpaired) electrons. The summed E-state index contributed by atoms with van der Waals surface area (Å²) in [6, 6.07) is 4.70. The minimum absolute atomic E-state index is 0.338. The number of anilines is 1. The molecule has 1 amide bonds. The van der Waals surface area contributed by atoms with Gasteiger partial charge in [0.05, 0.1) is 5.92 Å². The number of benzene rings is 1. The Bertz CT molecular complexity index is 793. The topological polar surface area (TPSA) is 109 Å². The number of alkyl halides is 3. The molecule has 0 aromatic heterocycles. The van der Waals surface area contributed by atoms with Crippen molar-refractivity contribution in [3.05, 3.63) is 36.2 Å². The van der Waals surface area contributed by atoms with Crippen molar-refractivity contribution < 1.29 is 27.4 Å². The van der Waals surface area contributed by atoms with Gasteiger partial charge in [-0.15, -0.1) is 13.2 Å². The van der Waals surface area contributed by atoms with Crippen molar-refractivity contribution in [3.8, 4) is 5.75 Å². The molecule has 1 fully saturated rings. The van der Waals surface area contributed by atoms with Crippen LogP contribution in [0, 0.1) is 23.2 Å². The lowest BCUT2D eigenvalue weighted by Crippen LogP contribution is -2.40. The standard InChI is InChI=1S/C23H33F3N4O3/c1-15(17-9-11-32-12-10-17)3-4-19(13-27)30-22(31)21(14-28)16(2)29-18-5-7-20(8-6-18)33-23(24,25)26/h5-8,13-17,21,28-29H,3-4,9-12,27H2,1-2H3,(H,30,31)/b19-13+,28-14?. The second kappa shape index (κ2) is 12.5. The van der Waals surface area contributed by atoms with E-state index in [1.807, 2.05) is 0 Å². The molecule has 0 spiro atoms. The van der Waals surface area contributed by atoms with Crippen LogP contribution in [0.15, 0.2) is 36.2 Å². The van der Waals surface area contributed by atoms with Gasteiger partial charge in [0.2, 0.25) is 5.91 Å². The third-order valence-corrected chi connectivity index (χ3v) is 5.93. The molecule has 1 aliphatic rings. The van der Waals surface area contributed by atoms with Crippen molar-refractivity contribution in [2.75, 3.05) is 18.5 Å². The van der Waals surface area contributed by atoms with Gasteiger partial charge in [0, 0.05) is 43.1 Å². The molecule has 0 saturated carbocycles. The molecule has 2 rings (SSSR count). The van der Waals surface area contributed by atoms with Crippen LogP contribution in [0.1, 0.15) is 39.5 Å². The van der Waals surface area contributed by atoms with Crippen molar-refractivity contribution in [2.24, 2.45) is 23.5 Å². The predicted octanol–water partition coefficient (Wildman–Crippen LogP) is 4.41. The fourth-order valence-corrected chi connectivity index (χ4v) is 3.89. The summed E-state index contributed by atoms with van der Waals surface area (Å²) in [5.74, 6) is -0.449. The molecule has 5 N–H and O–H groups in total. The molecule has 10 heteroatoms. The molecule has 3 atom stereocenters. The number of hydrogen-bond acceptors (Lipinski definition) is 6. The SMILES string of the molecule is CC(CC/C(=C\N)NC(=O)C(C=N)C(C)Nc1ccc(OC(F)(F)F)cc1)C1CCOCC1. The number of nitrogens with two attached hydrogens (primary N) is 1. The smallest absolute Gasteiger partial charge is 0.406 e. The zero-order valence-corrected chi connectivity index (χ0v) is 19.0. The Morgan fingerprint density at radius 3 is 2.45 bits per heavy atom. The summed E-state index contributed by atoms with van der Waals surface area (Å²) in [6.07, 6.45) is 1.23. The fraction of sp³-hybridized carbons (Fsp3) is 0.565. The Balaban J connectivity index is 1.88. The van der Waals surface area contributed by atoms with Crippen LogP contribution in [-0.4, -0.2) is 37.7 Å². The van der Waals surface area contributed by atoms with Crippen LogP contribution >= 0.6 is 0 Å². The van der Waals surface area contributed by atoms with E-state index < -0.39 is 18.3 Å². The van der Waals surface area contributed by atoms with Crippen molar-refractivity contribution in [3.63, 3.8) is 0 Å². The van der Waals surface area contributed by atoms with Gasteiger partial charge < -0.3 is 31.3 Å². The average molecular weight is 471 g/mol. The number of hydrogen-bond donors (Lipinski definition) is 4. The Morgan fingerprint density at radius 2 is 1.91 bits per heavy atom. The van der Waals surface area contributed by atoms with E-state index >= 15 is 0 Å². The minimum Gasteiger partial charge on any atom is -0.406 e. The third-order valence-electron chi connectivity index (χ3n) is 5.93. The Hall–Kier alpha value is -2.75. The van der Waals surface area contributed by atoms with Crippen molar-refractivity contribution in [2.45, 2.75) is 51.9 Å². The first-order valence-electron chi connectivity index (χ1n) is 11.0. The molecule has 1 aliphatic heterocycles. The fourth-order valence-electron chi connectivity index (χ4n) is 3.89. The van der Waals surface area contributed by atoms with E-state index in [4.69, 9.17) is 15.9 Å². The van der Waals surface area contributed by atoms with Crippen LogP contribution in [0.25, 0.3) is 0 Å². The van der Waals surface area contributed by atoms with Crippen LogP contribution in [0.5, 0.6) is 5.75 Å². The number of ether oxygens (including phenoxy) is 2. The maximum absolute atomic E-state index is 12.8. The molecule has 3 unspecified atom stereocenters. The highest BCUT2D eigenvalue weighted by Crippen LogP contribution is 2.28. The van der Waals surface area contributed by atoms with Gasteiger partial charge in [-0.25, -0.2) is 0 Å². The van der Waals surface area contributed by atoms with E-state index in [0.29, 0.717) is 29.6 Å². The van der Waals surface area contributed by atoms with Gasteiger partial charge in [-0.1, -0.05) is 6.92 Å². The summed E-state index contributed by atoms with van der Waals surface area (Å²) >= 11 is 0. The van der Waals surface area contributed by atoms with E-state index in [2.05, 4.69) is 22.3 Å². The summed E-state index contributed by atoms with van der Waals surface area (Å²) < 4.78 is 46.1. The lowest BCUT2D eigenvalue weighted by atomic mass is 9.84. The molecule has 0 aliphatic carbocycles. The normalized spacial score (nSPS) is 18.2. The van der Waals surface area contributed by atoms with E-state index in [1.54, 1.807) is 6.92 Å². The van der Waals surface area contributed by atoms with Crippen LogP contribution in [-0.2, 0) is 9.53 Å². The molecule has 33 heavy (non-hydrogen) atoms. The molecular formula is C23H33F3N4O3. The molecule has 1 saturated heterocycles. The van der Waals surface area contributed by atoms with E-state index in [1.165, 1.54) is 30.5 Å². The summed E-state index contributed by atoms with van der Waals surface area (Å²) in [4.78, 5) is 12.8. The number of rotatable bonds is 11. The molecule has 7 nitrogen and oxygen atoms in total. The lowest BCUT2D eigenvalue weighted by molar-refractivity contribution is -0.274. The van der Waals surface area contributed by atoms with Crippen LogP contribution < -0.4 is 21.1 Å². The molecule has 0 bridgehead atoms. The van der Waals surface area contributed by atoms with Crippen molar-refractivity contribution >= 4 is 17.8 Å². The summed E-state index contributed by atoms with van der Waals surface area (Å²) in [7, 11) is 0. The molecule has 1 heterocycles. The quantitative estimate of drug-likeness (QED) is 0.358. The Labute approximate surface area is 192 Å². The van der Waals surface area contributed by atoms with Gasteiger partial charge in [0.25, 0.3) is 0 Å². The van der Waals surface area contributed by atoms with Crippen molar-refractivity contribution in [1.29, 1.82) is 5.41 Å². The molecule has 1 aromatic carbocycles. The molecule has 184 valence electrons. The number of nitrogens with one attached hydrogen (secondary N) is 3. The number of amides is 1. The first-order chi connectivity index (χ1) is 15.6. The molecular weight excluding hydrogens is 437 g/mol. The zero-order valence-electron chi connectivity index (χ0n) is 19.0. The Kier molecular flexibility index (Phi) is 10.0. The predicted molar refractivity (Wildman–Crippen MR) is 121 cm³/mol. The summed E-state index contributed by atoms with van der Waals surface area (Å²) in [6.45, 7) is 5.49. The van der Waals surface area contributed by atoms with Gasteiger partial charge in [-0.2, -0.15) is 0 Å². The average Bonchev–Trinajstić information content (AvgIpc) is 2.77. The second-order valence-corrected chi connectivity index (χ2v) is 8.34. The van der Waals surface area contributed by atoms with Crippen LogP contribution in [0.3, 0.4) is 0 Å². The second-order valence-electron chi connectivity index (χ2n) is 8.34. The number of carbonyl (C=O) groups is 1. The number of halogens is 3. The van der Waals surface area contributed by atoms with E-state index in [-0.39, 0.29) is 11.7 Å². The van der Waals surface area contributed by atoms with E-state index in [0.717, 1.165) is 38.7 Å². The maximum Gasteiger partial charge on any atom is 0.573 e. The Morgan fingerprint density at radius 1 is 1.27 bits per heavy atom. The first-order valence-corrected chi connectivity index (χ1v) is 11.0. The highest BCUT2D eigenvalue weighted by Gasteiger charge is 2.31. The van der Waals surface area contributed by atoms with Crippen molar-refractivity contribution in [1.82, 2.24) is 5.32 Å². The van der Waals surface area contributed by atoms with Crippen LogP contribution in [0.4, 0.5) is 18.9 Å². The third kappa shape index (κ3) is 8.95. The molecule has 1 aromatic rings. The summed E-state index contributed by atoms with van der Waals surface area (Å²) in [5.41, 5.74) is 6.82. The first kappa shape index (κ1) is 26.5. The number of carbonyl (C=O) groups excluding carboxylic acids is 1.